The summed E-state index contributed by atoms with van der Waals surface area (Å²) in [6, 6.07) is 5.02. The zero-order valence-corrected chi connectivity index (χ0v) is 15.3. The lowest BCUT2D eigenvalue weighted by Gasteiger charge is -2.26. The maximum atomic E-state index is 12.4. The number of fused-ring (bicyclic) bond motifs is 1. The van der Waals surface area contributed by atoms with Crippen LogP contribution in [-0.2, 0) is 26.3 Å². The van der Waals surface area contributed by atoms with Gasteiger partial charge in [-0.25, -0.2) is 0 Å². The molecule has 0 saturated carbocycles. The minimum absolute atomic E-state index is 0.0533. The summed E-state index contributed by atoms with van der Waals surface area (Å²) in [5.74, 6) is 0.0533. The molecule has 0 aliphatic carbocycles. The highest BCUT2D eigenvalue weighted by Crippen LogP contribution is 2.34. The third-order valence-corrected chi connectivity index (χ3v) is 5.05. The number of rotatable bonds is 5. The Labute approximate surface area is 155 Å². The van der Waals surface area contributed by atoms with Crippen molar-refractivity contribution in [3.05, 3.63) is 52.2 Å². The first-order chi connectivity index (χ1) is 13.0. The van der Waals surface area contributed by atoms with Gasteiger partial charge in [0.15, 0.2) is 5.43 Å². The van der Waals surface area contributed by atoms with E-state index in [9.17, 15) is 9.59 Å². The van der Waals surface area contributed by atoms with Crippen molar-refractivity contribution in [2.75, 3.05) is 20.3 Å². The van der Waals surface area contributed by atoms with Gasteiger partial charge < -0.3 is 19.4 Å². The van der Waals surface area contributed by atoms with E-state index in [0.717, 1.165) is 16.5 Å². The summed E-state index contributed by atoms with van der Waals surface area (Å²) in [5, 5.41) is 0.906. The standard InChI is InChI=1S/C20H21N3O4/c1-12(24)5-13-6-15-16(9-22-18(15)10-21-13)17-7-14(25)8-19(23-17)20(26-2)3-4-27-11-20/h6-10,22H,3-5,11H2,1-2H3,(H,23,25). The van der Waals surface area contributed by atoms with Crippen LogP contribution in [0.5, 0.6) is 0 Å². The van der Waals surface area contributed by atoms with E-state index < -0.39 is 5.60 Å². The molecule has 0 amide bonds. The number of aromatic nitrogens is 3. The van der Waals surface area contributed by atoms with Crippen LogP contribution in [0.4, 0.5) is 0 Å². The molecule has 1 atom stereocenters. The smallest absolute Gasteiger partial charge is 0.182 e. The van der Waals surface area contributed by atoms with Crippen LogP contribution in [0.1, 0.15) is 24.7 Å². The zero-order chi connectivity index (χ0) is 19.0. The van der Waals surface area contributed by atoms with E-state index in [1.54, 1.807) is 32.4 Å². The molecule has 1 aliphatic heterocycles. The number of Topliss-reactive ketones (excluding diaryl/α,β-unsaturated/α-hetero) is 1. The number of pyridine rings is 2. The molecule has 4 heterocycles. The average Bonchev–Trinajstić information content (AvgIpc) is 3.28. The molecule has 2 N–H and O–H groups in total. The predicted molar refractivity (Wildman–Crippen MR) is 101 cm³/mol. The first-order valence-corrected chi connectivity index (χ1v) is 8.84. The number of hydrogen-bond donors (Lipinski definition) is 2. The Kier molecular flexibility index (Phi) is 4.41. The summed E-state index contributed by atoms with van der Waals surface area (Å²) in [5.41, 5.74) is 3.05. The van der Waals surface area contributed by atoms with Crippen molar-refractivity contribution < 1.29 is 14.3 Å². The van der Waals surface area contributed by atoms with Crippen molar-refractivity contribution in [2.45, 2.75) is 25.4 Å². The summed E-state index contributed by atoms with van der Waals surface area (Å²) in [6.07, 6.45) is 4.51. The molecule has 1 saturated heterocycles. The zero-order valence-electron chi connectivity index (χ0n) is 15.3. The van der Waals surface area contributed by atoms with Crippen molar-refractivity contribution in [2.24, 2.45) is 0 Å². The second-order valence-electron chi connectivity index (χ2n) is 6.95. The minimum Gasteiger partial charge on any atom is -0.378 e. The lowest BCUT2D eigenvalue weighted by molar-refractivity contribution is -0.116. The summed E-state index contributed by atoms with van der Waals surface area (Å²) in [7, 11) is 1.63. The van der Waals surface area contributed by atoms with Crippen LogP contribution in [-0.4, -0.2) is 41.1 Å². The topological polar surface area (TPSA) is 97.1 Å². The Morgan fingerprint density at radius 1 is 1.37 bits per heavy atom. The predicted octanol–water partition coefficient (Wildman–Crippen LogP) is 2.31. The monoisotopic (exact) mass is 367 g/mol. The van der Waals surface area contributed by atoms with Crippen LogP contribution < -0.4 is 5.43 Å². The Hall–Kier alpha value is -2.77. The van der Waals surface area contributed by atoms with Gasteiger partial charge in [0, 0.05) is 61.5 Å². The number of ketones is 1. The molecule has 7 heteroatoms. The maximum absolute atomic E-state index is 12.4. The first-order valence-electron chi connectivity index (χ1n) is 8.84. The fourth-order valence-corrected chi connectivity index (χ4v) is 3.60. The highest BCUT2D eigenvalue weighted by Gasteiger charge is 2.38. The van der Waals surface area contributed by atoms with E-state index in [4.69, 9.17) is 9.47 Å². The van der Waals surface area contributed by atoms with Gasteiger partial charge in [0.1, 0.15) is 11.4 Å². The lowest BCUT2D eigenvalue weighted by Crippen LogP contribution is -2.31. The van der Waals surface area contributed by atoms with Crippen molar-refractivity contribution in [1.29, 1.82) is 0 Å². The average molecular weight is 367 g/mol. The third-order valence-electron chi connectivity index (χ3n) is 5.05. The number of nitrogens with zero attached hydrogens (tertiary/aromatic N) is 1. The van der Waals surface area contributed by atoms with E-state index in [2.05, 4.69) is 15.0 Å². The van der Waals surface area contributed by atoms with Crippen LogP contribution in [0.2, 0.25) is 0 Å². The summed E-state index contributed by atoms with van der Waals surface area (Å²) in [6.45, 7) is 2.54. The fraction of sp³-hybridized carbons (Fsp3) is 0.350. The second-order valence-corrected chi connectivity index (χ2v) is 6.95. The largest absolute Gasteiger partial charge is 0.378 e. The number of carbonyl (C=O) groups is 1. The molecule has 0 spiro atoms. The van der Waals surface area contributed by atoms with Crippen molar-refractivity contribution >= 4 is 16.7 Å². The molecule has 0 radical (unpaired) electrons. The fourth-order valence-electron chi connectivity index (χ4n) is 3.60. The molecule has 4 rings (SSSR count). The Morgan fingerprint density at radius 3 is 2.93 bits per heavy atom. The number of hydrogen-bond acceptors (Lipinski definition) is 5. The van der Waals surface area contributed by atoms with Crippen molar-refractivity contribution in [3.8, 4) is 11.3 Å². The first kappa shape index (κ1) is 17.6. The quantitative estimate of drug-likeness (QED) is 0.721. The molecule has 140 valence electrons. The SMILES string of the molecule is COC1(c2cc(=O)cc(-c3c[nH]c4cnc(CC(C)=O)cc34)[nH]2)CCOC1. The summed E-state index contributed by atoms with van der Waals surface area (Å²) >= 11 is 0. The van der Waals surface area contributed by atoms with Gasteiger partial charge in [-0.1, -0.05) is 0 Å². The molecule has 3 aromatic heterocycles. The summed E-state index contributed by atoms with van der Waals surface area (Å²) in [4.78, 5) is 34.7. The molecule has 0 aromatic carbocycles. The molecular weight excluding hydrogens is 346 g/mol. The van der Waals surface area contributed by atoms with Gasteiger partial charge >= 0.3 is 0 Å². The van der Waals surface area contributed by atoms with Gasteiger partial charge in [-0.3, -0.25) is 14.6 Å². The number of carbonyl (C=O) groups excluding carboxylic acids is 1. The van der Waals surface area contributed by atoms with Gasteiger partial charge in [0.2, 0.25) is 0 Å². The van der Waals surface area contributed by atoms with Crippen LogP contribution in [0.3, 0.4) is 0 Å². The number of ether oxygens (including phenoxy) is 2. The molecule has 3 aromatic rings. The molecule has 27 heavy (non-hydrogen) atoms. The van der Waals surface area contributed by atoms with E-state index in [1.165, 1.54) is 0 Å². The number of H-pyrrole nitrogens is 2. The number of nitrogens with one attached hydrogen (secondary N) is 2. The van der Waals surface area contributed by atoms with Gasteiger partial charge in [0.05, 0.1) is 29.7 Å². The Morgan fingerprint density at radius 2 is 2.22 bits per heavy atom. The highest BCUT2D eigenvalue weighted by molar-refractivity contribution is 5.94. The van der Waals surface area contributed by atoms with Crippen LogP contribution in [0.25, 0.3) is 22.2 Å². The maximum Gasteiger partial charge on any atom is 0.182 e. The van der Waals surface area contributed by atoms with E-state index in [-0.39, 0.29) is 17.6 Å². The van der Waals surface area contributed by atoms with E-state index in [1.807, 2.05) is 12.3 Å². The molecule has 7 nitrogen and oxygen atoms in total. The molecule has 0 bridgehead atoms. The molecule has 1 fully saturated rings. The Balaban J connectivity index is 1.84. The molecular formula is C20H21N3O4. The molecule has 1 aliphatic rings. The van der Waals surface area contributed by atoms with Gasteiger partial charge in [-0.05, 0) is 13.0 Å². The second kappa shape index (κ2) is 6.75. The van der Waals surface area contributed by atoms with Crippen molar-refractivity contribution in [1.82, 2.24) is 15.0 Å². The molecule has 1 unspecified atom stereocenters. The third kappa shape index (κ3) is 3.20. The van der Waals surface area contributed by atoms with Crippen molar-refractivity contribution in [3.63, 3.8) is 0 Å². The number of aromatic amines is 2. The highest BCUT2D eigenvalue weighted by atomic mass is 16.5. The lowest BCUT2D eigenvalue weighted by atomic mass is 9.97. The number of methoxy groups -OCH3 is 1. The normalized spacial score (nSPS) is 19.6. The minimum atomic E-state index is -0.636. The summed E-state index contributed by atoms with van der Waals surface area (Å²) < 4.78 is 11.2. The van der Waals surface area contributed by atoms with Gasteiger partial charge in [0.25, 0.3) is 0 Å². The van der Waals surface area contributed by atoms with Crippen LogP contribution in [0, 0.1) is 0 Å². The van der Waals surface area contributed by atoms with Gasteiger partial charge in [-0.2, -0.15) is 0 Å². The Bertz CT molecular complexity index is 1060. The van der Waals surface area contributed by atoms with E-state index in [0.29, 0.717) is 36.7 Å². The van der Waals surface area contributed by atoms with Crippen LogP contribution in [0.15, 0.2) is 35.4 Å². The van der Waals surface area contributed by atoms with Crippen LogP contribution >= 0.6 is 0 Å². The van der Waals surface area contributed by atoms with E-state index >= 15 is 0 Å². The van der Waals surface area contributed by atoms with Gasteiger partial charge in [-0.15, -0.1) is 0 Å².